The Labute approximate surface area is 125 Å². The zero-order chi connectivity index (χ0) is 15.0. The minimum absolute atomic E-state index is 0.0128. The minimum Gasteiger partial charge on any atom is -0.462 e. The molecule has 2 aliphatic heterocycles. The zero-order valence-electron chi connectivity index (χ0n) is 12.2. The van der Waals surface area contributed by atoms with Crippen LogP contribution in [0.25, 0.3) is 0 Å². The summed E-state index contributed by atoms with van der Waals surface area (Å²) in [5, 5.41) is 9.05. The van der Waals surface area contributed by atoms with Gasteiger partial charge in [-0.15, -0.1) is 0 Å². The summed E-state index contributed by atoms with van der Waals surface area (Å²) >= 11 is 0. The van der Waals surface area contributed by atoms with Crippen molar-refractivity contribution in [2.45, 2.75) is 56.2 Å². The molecule has 21 heavy (non-hydrogen) atoms. The highest BCUT2D eigenvalue weighted by Crippen LogP contribution is 2.28. The molecule has 0 saturated carbocycles. The van der Waals surface area contributed by atoms with Gasteiger partial charge in [0.2, 0.25) is 10.0 Å². The van der Waals surface area contributed by atoms with Crippen LogP contribution in [0.15, 0.2) is 15.4 Å². The van der Waals surface area contributed by atoms with Gasteiger partial charge >= 0.3 is 0 Å². The predicted molar refractivity (Wildman–Crippen MR) is 77.3 cm³/mol. The number of nitrogens with zero attached hydrogens (tertiary/aromatic N) is 1. The standard InChI is InChI=1S/C14H22N2O4S/c1-10-14(8-13(9-17)20-10)21(18,19)15-11-4-6-16-5-2-3-12(16)7-11/h8,11-12,15,17H,2-7,9H2,1H3. The molecule has 118 valence electrons. The molecule has 2 fully saturated rings. The lowest BCUT2D eigenvalue weighted by Gasteiger charge is -2.34. The van der Waals surface area contributed by atoms with Crippen LogP contribution in [0.5, 0.6) is 0 Å². The maximum atomic E-state index is 12.5. The third kappa shape index (κ3) is 3.01. The molecule has 2 aliphatic rings. The minimum atomic E-state index is -3.58. The summed E-state index contributed by atoms with van der Waals surface area (Å²) in [5.41, 5.74) is 0. The molecule has 1 aromatic rings. The van der Waals surface area contributed by atoms with Gasteiger partial charge in [-0.05, 0) is 45.7 Å². The quantitative estimate of drug-likeness (QED) is 0.866. The summed E-state index contributed by atoms with van der Waals surface area (Å²) in [7, 11) is -3.58. The molecule has 0 radical (unpaired) electrons. The summed E-state index contributed by atoms with van der Waals surface area (Å²) in [6.07, 6.45) is 4.10. The number of sulfonamides is 1. The van der Waals surface area contributed by atoms with Gasteiger partial charge in [-0.3, -0.25) is 0 Å². The van der Waals surface area contributed by atoms with Gasteiger partial charge in [0, 0.05) is 18.2 Å². The molecule has 1 aromatic heterocycles. The van der Waals surface area contributed by atoms with Crippen molar-refractivity contribution in [3.8, 4) is 0 Å². The number of hydrogen-bond donors (Lipinski definition) is 2. The van der Waals surface area contributed by atoms with Crippen LogP contribution in [0.2, 0.25) is 0 Å². The largest absolute Gasteiger partial charge is 0.462 e. The van der Waals surface area contributed by atoms with E-state index in [9.17, 15) is 8.42 Å². The molecule has 6 nitrogen and oxygen atoms in total. The Hall–Kier alpha value is -0.890. The Morgan fingerprint density at radius 2 is 2.24 bits per heavy atom. The molecule has 2 saturated heterocycles. The number of aliphatic hydroxyl groups excluding tert-OH is 1. The van der Waals surface area contributed by atoms with Gasteiger partial charge in [0.25, 0.3) is 0 Å². The summed E-state index contributed by atoms with van der Waals surface area (Å²) in [6.45, 7) is 3.42. The number of furan rings is 1. The monoisotopic (exact) mass is 314 g/mol. The number of aryl methyl sites for hydroxylation is 1. The van der Waals surface area contributed by atoms with Crippen molar-refractivity contribution in [3.63, 3.8) is 0 Å². The lowest BCUT2D eigenvalue weighted by molar-refractivity contribution is 0.176. The van der Waals surface area contributed by atoms with Crippen molar-refractivity contribution in [2.75, 3.05) is 13.1 Å². The first-order valence-corrected chi connectivity index (χ1v) is 8.94. The molecule has 0 aromatic carbocycles. The van der Waals surface area contributed by atoms with Gasteiger partial charge in [0.05, 0.1) is 0 Å². The molecule has 2 unspecified atom stereocenters. The van der Waals surface area contributed by atoms with Crippen LogP contribution in [0.1, 0.15) is 37.2 Å². The molecule has 0 amide bonds. The third-order valence-electron chi connectivity index (χ3n) is 4.51. The fourth-order valence-corrected chi connectivity index (χ4v) is 4.97. The zero-order valence-corrected chi connectivity index (χ0v) is 13.0. The van der Waals surface area contributed by atoms with Crippen molar-refractivity contribution in [2.24, 2.45) is 0 Å². The van der Waals surface area contributed by atoms with E-state index in [2.05, 4.69) is 9.62 Å². The van der Waals surface area contributed by atoms with Gasteiger partial charge in [-0.2, -0.15) is 0 Å². The van der Waals surface area contributed by atoms with Crippen LogP contribution < -0.4 is 4.72 Å². The van der Waals surface area contributed by atoms with E-state index in [0.717, 1.165) is 32.4 Å². The Kier molecular flexibility index (Phi) is 4.09. The van der Waals surface area contributed by atoms with E-state index >= 15 is 0 Å². The Balaban J connectivity index is 1.72. The SMILES string of the molecule is Cc1oc(CO)cc1S(=O)(=O)NC1CCN2CCCC2C1. The van der Waals surface area contributed by atoms with E-state index in [1.54, 1.807) is 6.92 Å². The van der Waals surface area contributed by atoms with Crippen LogP contribution >= 0.6 is 0 Å². The molecule has 0 aliphatic carbocycles. The van der Waals surface area contributed by atoms with Crippen molar-refractivity contribution in [1.82, 2.24) is 9.62 Å². The first kappa shape index (κ1) is 15.0. The van der Waals surface area contributed by atoms with Crippen LogP contribution in [0.3, 0.4) is 0 Å². The fraction of sp³-hybridized carbons (Fsp3) is 0.714. The first-order chi connectivity index (χ1) is 9.99. The van der Waals surface area contributed by atoms with Crippen molar-refractivity contribution < 1.29 is 17.9 Å². The number of piperidine rings is 1. The maximum Gasteiger partial charge on any atom is 0.244 e. The second-order valence-corrected chi connectivity index (χ2v) is 7.65. The van der Waals surface area contributed by atoms with Crippen LogP contribution in [-0.4, -0.2) is 43.6 Å². The smallest absolute Gasteiger partial charge is 0.244 e. The summed E-state index contributed by atoms with van der Waals surface area (Å²) < 4.78 is 33.0. The van der Waals surface area contributed by atoms with Gasteiger partial charge in [-0.1, -0.05) is 0 Å². The molecule has 0 spiro atoms. The van der Waals surface area contributed by atoms with E-state index in [4.69, 9.17) is 9.52 Å². The van der Waals surface area contributed by atoms with E-state index in [0.29, 0.717) is 11.8 Å². The molecule has 2 N–H and O–H groups in total. The summed E-state index contributed by atoms with van der Waals surface area (Å²) in [5.74, 6) is 0.600. The molecular formula is C14H22N2O4S. The van der Waals surface area contributed by atoms with E-state index in [-0.39, 0.29) is 23.3 Å². The summed E-state index contributed by atoms with van der Waals surface area (Å²) in [6, 6.07) is 1.91. The number of nitrogens with one attached hydrogen (secondary N) is 1. The van der Waals surface area contributed by atoms with Gasteiger partial charge < -0.3 is 14.4 Å². The number of hydrogen-bond acceptors (Lipinski definition) is 5. The molecule has 2 atom stereocenters. The lowest BCUT2D eigenvalue weighted by Crippen LogP contribution is -2.47. The number of fused-ring (bicyclic) bond motifs is 1. The van der Waals surface area contributed by atoms with E-state index in [1.165, 1.54) is 12.5 Å². The van der Waals surface area contributed by atoms with Gasteiger partial charge in [-0.25, -0.2) is 13.1 Å². The average molecular weight is 314 g/mol. The summed E-state index contributed by atoms with van der Waals surface area (Å²) in [4.78, 5) is 2.60. The lowest BCUT2D eigenvalue weighted by atomic mass is 9.99. The molecular weight excluding hydrogens is 292 g/mol. The topological polar surface area (TPSA) is 82.8 Å². The number of aliphatic hydroxyl groups is 1. The van der Waals surface area contributed by atoms with Crippen LogP contribution in [0, 0.1) is 6.92 Å². The highest BCUT2D eigenvalue weighted by Gasteiger charge is 2.34. The Morgan fingerprint density at radius 1 is 1.43 bits per heavy atom. The Bertz CT molecular complexity index is 610. The van der Waals surface area contributed by atoms with Gasteiger partial charge in [0.15, 0.2) is 0 Å². The third-order valence-corrected chi connectivity index (χ3v) is 6.14. The maximum absolute atomic E-state index is 12.5. The second kappa shape index (κ2) is 5.72. The van der Waals surface area contributed by atoms with Crippen LogP contribution in [0.4, 0.5) is 0 Å². The van der Waals surface area contributed by atoms with Gasteiger partial charge in [0.1, 0.15) is 23.0 Å². The highest BCUT2D eigenvalue weighted by molar-refractivity contribution is 7.89. The fourth-order valence-electron chi connectivity index (χ4n) is 3.48. The number of rotatable bonds is 4. The molecule has 3 rings (SSSR count). The predicted octanol–water partition coefficient (Wildman–Crippen LogP) is 0.985. The average Bonchev–Trinajstić information content (AvgIpc) is 3.04. The second-order valence-electron chi connectivity index (χ2n) is 5.97. The molecule has 7 heteroatoms. The molecule has 3 heterocycles. The van der Waals surface area contributed by atoms with Crippen molar-refractivity contribution in [3.05, 3.63) is 17.6 Å². The van der Waals surface area contributed by atoms with Crippen molar-refractivity contribution >= 4 is 10.0 Å². The first-order valence-electron chi connectivity index (χ1n) is 7.46. The molecule has 0 bridgehead atoms. The highest BCUT2D eigenvalue weighted by atomic mass is 32.2. The normalized spacial score (nSPS) is 27.0. The van der Waals surface area contributed by atoms with E-state index < -0.39 is 10.0 Å². The Morgan fingerprint density at radius 3 is 2.95 bits per heavy atom. The van der Waals surface area contributed by atoms with Crippen LogP contribution in [-0.2, 0) is 16.6 Å². The van der Waals surface area contributed by atoms with E-state index in [1.807, 2.05) is 0 Å². The van der Waals surface area contributed by atoms with Crippen molar-refractivity contribution in [1.29, 1.82) is 0 Å².